The molecule has 0 spiro atoms. The molecule has 0 aliphatic carbocycles. The van der Waals surface area contributed by atoms with Gasteiger partial charge in [-0.2, -0.15) is 0 Å². The van der Waals surface area contributed by atoms with E-state index in [1.165, 1.54) is 6.07 Å². The topological polar surface area (TPSA) is 63.3 Å². The quantitative estimate of drug-likeness (QED) is 0.731. The Balaban J connectivity index is 2.26. The van der Waals surface area contributed by atoms with Gasteiger partial charge in [-0.15, -0.1) is 0 Å². The highest BCUT2D eigenvalue weighted by atomic mass is 79.9. The number of hydrogen-bond acceptors (Lipinski definition) is 3. The van der Waals surface area contributed by atoms with Crippen LogP contribution in [-0.4, -0.2) is 16.1 Å². The molecule has 0 radical (unpaired) electrons. The van der Waals surface area contributed by atoms with E-state index in [-0.39, 0.29) is 5.56 Å². The number of aromatic carboxylic acids is 1. The van der Waals surface area contributed by atoms with Crippen molar-refractivity contribution in [1.29, 1.82) is 0 Å². The number of carboxylic acids is 1. The van der Waals surface area contributed by atoms with Gasteiger partial charge >= 0.3 is 5.97 Å². The molecule has 2 aromatic carbocycles. The van der Waals surface area contributed by atoms with Crippen molar-refractivity contribution in [3.05, 3.63) is 51.5 Å². The van der Waals surface area contributed by atoms with Gasteiger partial charge in [-0.05, 0) is 46.3 Å². The molecule has 1 heterocycles. The maximum absolute atomic E-state index is 11.2. The van der Waals surface area contributed by atoms with E-state index in [1.807, 2.05) is 0 Å². The van der Waals surface area contributed by atoms with Gasteiger partial charge in [0.25, 0.3) is 0 Å². The average Bonchev–Trinajstić information content (AvgIpc) is 2.84. The second kappa shape index (κ2) is 4.92. The summed E-state index contributed by atoms with van der Waals surface area (Å²) in [4.78, 5) is 15.4. The van der Waals surface area contributed by atoms with Crippen LogP contribution in [0.3, 0.4) is 0 Å². The summed E-state index contributed by atoms with van der Waals surface area (Å²) in [7, 11) is 0. The molecule has 0 atom stereocenters. The Bertz CT molecular complexity index is 828. The molecular weight excluding hydrogens is 346 g/mol. The van der Waals surface area contributed by atoms with Gasteiger partial charge < -0.3 is 9.52 Å². The molecule has 1 N–H and O–H groups in total. The van der Waals surface area contributed by atoms with E-state index in [1.54, 1.807) is 30.3 Å². The van der Waals surface area contributed by atoms with Crippen LogP contribution in [0.4, 0.5) is 0 Å². The lowest BCUT2D eigenvalue weighted by atomic mass is 10.2. The third-order valence-electron chi connectivity index (χ3n) is 2.81. The van der Waals surface area contributed by atoms with Crippen molar-refractivity contribution in [2.45, 2.75) is 0 Å². The Hall–Kier alpha value is -1.85. The molecule has 6 heteroatoms. The second-order valence-electron chi connectivity index (χ2n) is 4.10. The normalized spacial score (nSPS) is 10.9. The Kier molecular flexibility index (Phi) is 3.23. The van der Waals surface area contributed by atoms with E-state index in [2.05, 4.69) is 20.9 Å². The van der Waals surface area contributed by atoms with Gasteiger partial charge in [-0.25, -0.2) is 9.78 Å². The van der Waals surface area contributed by atoms with Crippen molar-refractivity contribution >= 4 is 44.6 Å². The summed E-state index contributed by atoms with van der Waals surface area (Å²) in [6, 6.07) is 10.0. The van der Waals surface area contributed by atoms with Crippen molar-refractivity contribution in [2.75, 3.05) is 0 Å². The highest BCUT2D eigenvalue weighted by Gasteiger charge is 2.16. The lowest BCUT2D eigenvalue weighted by Gasteiger charge is -1.99. The third-order valence-corrected chi connectivity index (χ3v) is 3.73. The van der Waals surface area contributed by atoms with Crippen LogP contribution in [0.5, 0.6) is 0 Å². The molecule has 0 aliphatic rings. The van der Waals surface area contributed by atoms with Crippen molar-refractivity contribution < 1.29 is 14.3 Å². The number of fused-ring (bicyclic) bond motifs is 1. The number of carboxylic acid groups (broad SMARTS) is 1. The number of aromatic nitrogens is 1. The predicted molar refractivity (Wildman–Crippen MR) is 79.1 cm³/mol. The van der Waals surface area contributed by atoms with Crippen LogP contribution in [0.1, 0.15) is 10.4 Å². The van der Waals surface area contributed by atoms with Gasteiger partial charge in [-0.1, -0.05) is 17.7 Å². The van der Waals surface area contributed by atoms with Gasteiger partial charge in [-0.3, -0.25) is 0 Å². The van der Waals surface area contributed by atoms with Crippen molar-refractivity contribution in [3.63, 3.8) is 0 Å². The standard InChI is InChI=1S/C14H7BrClNO3/c15-10-5-4-7(16)6-9(10)13-17-12-8(14(18)19)2-1-3-11(12)20-13/h1-6H,(H,18,19). The molecule has 0 bridgehead atoms. The predicted octanol–water partition coefficient (Wildman–Crippen LogP) is 4.61. The van der Waals surface area contributed by atoms with Gasteiger partial charge in [0.05, 0.1) is 11.1 Å². The molecule has 0 unspecified atom stereocenters. The fourth-order valence-electron chi connectivity index (χ4n) is 1.90. The minimum atomic E-state index is -1.04. The number of carbonyl (C=O) groups is 1. The smallest absolute Gasteiger partial charge is 0.338 e. The number of halogens is 2. The van der Waals surface area contributed by atoms with Gasteiger partial charge in [0, 0.05) is 9.50 Å². The summed E-state index contributed by atoms with van der Waals surface area (Å²) < 4.78 is 6.39. The van der Waals surface area contributed by atoms with Crippen LogP contribution in [0.15, 0.2) is 45.3 Å². The molecular formula is C14H7BrClNO3. The molecule has 0 saturated carbocycles. The summed E-state index contributed by atoms with van der Waals surface area (Å²) >= 11 is 9.36. The van der Waals surface area contributed by atoms with Gasteiger partial charge in [0.2, 0.25) is 5.89 Å². The third kappa shape index (κ3) is 2.19. The summed E-state index contributed by atoms with van der Waals surface area (Å²) in [6.45, 7) is 0. The first kappa shape index (κ1) is 13.1. The van der Waals surface area contributed by atoms with E-state index < -0.39 is 5.97 Å². The molecule has 0 amide bonds. The molecule has 4 nitrogen and oxygen atoms in total. The van der Waals surface area contributed by atoms with Gasteiger partial charge in [0.15, 0.2) is 5.58 Å². The van der Waals surface area contributed by atoms with Crippen LogP contribution < -0.4 is 0 Å². The highest BCUT2D eigenvalue weighted by Crippen LogP contribution is 2.33. The van der Waals surface area contributed by atoms with Crippen LogP contribution in [-0.2, 0) is 0 Å². The van der Waals surface area contributed by atoms with E-state index in [0.717, 1.165) is 4.47 Å². The van der Waals surface area contributed by atoms with E-state index >= 15 is 0 Å². The fraction of sp³-hybridized carbons (Fsp3) is 0. The zero-order valence-electron chi connectivity index (χ0n) is 9.93. The van der Waals surface area contributed by atoms with E-state index in [0.29, 0.717) is 27.6 Å². The number of rotatable bonds is 2. The molecule has 100 valence electrons. The number of oxazole rings is 1. The Morgan fingerprint density at radius 1 is 1.30 bits per heavy atom. The molecule has 20 heavy (non-hydrogen) atoms. The lowest BCUT2D eigenvalue weighted by molar-refractivity contribution is 0.0699. The number of para-hydroxylation sites is 1. The summed E-state index contributed by atoms with van der Waals surface area (Å²) in [5.41, 5.74) is 1.52. The first-order valence-electron chi connectivity index (χ1n) is 5.64. The minimum absolute atomic E-state index is 0.107. The summed E-state index contributed by atoms with van der Waals surface area (Å²) in [6.07, 6.45) is 0. The van der Waals surface area contributed by atoms with Gasteiger partial charge in [0.1, 0.15) is 5.52 Å². The summed E-state index contributed by atoms with van der Waals surface area (Å²) in [5.74, 6) is -0.719. The Labute approximate surface area is 127 Å². The molecule has 0 saturated heterocycles. The Morgan fingerprint density at radius 2 is 2.10 bits per heavy atom. The summed E-state index contributed by atoms with van der Waals surface area (Å²) in [5, 5.41) is 9.69. The molecule has 0 fully saturated rings. The van der Waals surface area contributed by atoms with Crippen LogP contribution in [0, 0.1) is 0 Å². The fourth-order valence-corrected chi connectivity index (χ4v) is 2.49. The highest BCUT2D eigenvalue weighted by molar-refractivity contribution is 9.10. The van der Waals surface area contributed by atoms with Crippen LogP contribution >= 0.6 is 27.5 Å². The zero-order chi connectivity index (χ0) is 14.3. The molecule has 1 aromatic heterocycles. The SMILES string of the molecule is O=C(O)c1cccc2oc(-c3cc(Cl)ccc3Br)nc12. The average molecular weight is 353 g/mol. The largest absolute Gasteiger partial charge is 0.478 e. The molecule has 3 rings (SSSR count). The maximum Gasteiger partial charge on any atom is 0.338 e. The molecule has 0 aliphatic heterocycles. The minimum Gasteiger partial charge on any atom is -0.478 e. The number of benzene rings is 2. The first-order chi connectivity index (χ1) is 9.56. The molecule has 3 aromatic rings. The van der Waals surface area contributed by atoms with Crippen molar-refractivity contribution in [3.8, 4) is 11.5 Å². The zero-order valence-corrected chi connectivity index (χ0v) is 12.3. The second-order valence-corrected chi connectivity index (χ2v) is 5.39. The monoisotopic (exact) mass is 351 g/mol. The first-order valence-corrected chi connectivity index (χ1v) is 6.81. The Morgan fingerprint density at radius 3 is 2.85 bits per heavy atom. The van der Waals surface area contributed by atoms with Crippen LogP contribution in [0.2, 0.25) is 5.02 Å². The van der Waals surface area contributed by atoms with E-state index in [4.69, 9.17) is 21.1 Å². The van der Waals surface area contributed by atoms with Crippen LogP contribution in [0.25, 0.3) is 22.6 Å². The van der Waals surface area contributed by atoms with Crippen molar-refractivity contribution in [1.82, 2.24) is 4.98 Å². The maximum atomic E-state index is 11.2. The lowest BCUT2D eigenvalue weighted by Crippen LogP contribution is -1.96. The van der Waals surface area contributed by atoms with Crippen molar-refractivity contribution in [2.24, 2.45) is 0 Å². The van der Waals surface area contributed by atoms with E-state index in [9.17, 15) is 4.79 Å². The number of nitrogens with zero attached hydrogens (tertiary/aromatic N) is 1. The number of hydrogen-bond donors (Lipinski definition) is 1.